The maximum absolute atomic E-state index is 13.1. The first kappa shape index (κ1) is 21.6. The quantitative estimate of drug-likeness (QED) is 0.593. The molecule has 172 valence electrons. The van der Waals surface area contributed by atoms with E-state index in [1.165, 1.54) is 11.1 Å². The smallest absolute Gasteiger partial charge is 0.261 e. The number of anilines is 1. The lowest BCUT2D eigenvalue weighted by molar-refractivity contribution is -0.145. The highest BCUT2D eigenvalue weighted by Crippen LogP contribution is 2.24. The first-order chi connectivity index (χ1) is 16.1. The van der Waals surface area contributed by atoms with Crippen molar-refractivity contribution in [2.75, 3.05) is 44.8 Å². The van der Waals surface area contributed by atoms with Gasteiger partial charge in [0.2, 0.25) is 0 Å². The number of piperazine rings is 1. The zero-order chi connectivity index (χ0) is 22.8. The van der Waals surface area contributed by atoms with Crippen LogP contribution in [0.25, 0.3) is 10.9 Å². The van der Waals surface area contributed by atoms with Gasteiger partial charge < -0.3 is 19.3 Å². The van der Waals surface area contributed by atoms with E-state index in [4.69, 9.17) is 9.47 Å². The molecule has 2 aliphatic rings. The molecule has 5 rings (SSSR count). The maximum atomic E-state index is 13.1. The third kappa shape index (κ3) is 4.36. The summed E-state index contributed by atoms with van der Waals surface area (Å²) in [6, 6.07) is 13.9. The Morgan fingerprint density at radius 3 is 2.70 bits per heavy atom. The molecule has 3 heterocycles. The number of fused-ring (bicyclic) bond motifs is 2. The molecule has 0 N–H and O–H groups in total. The molecule has 0 aliphatic carbocycles. The van der Waals surface area contributed by atoms with Crippen LogP contribution in [0.5, 0.6) is 0 Å². The summed E-state index contributed by atoms with van der Waals surface area (Å²) in [6.45, 7) is 4.18. The van der Waals surface area contributed by atoms with Gasteiger partial charge in [-0.3, -0.25) is 14.2 Å². The summed E-state index contributed by atoms with van der Waals surface area (Å²) in [5.74, 6) is 0.0703. The Labute approximate surface area is 192 Å². The lowest BCUT2D eigenvalue weighted by Gasteiger charge is -2.38. The number of carbonyl (C=O) groups is 1. The van der Waals surface area contributed by atoms with Gasteiger partial charge in [0.15, 0.2) is 0 Å². The number of aromatic nitrogens is 2. The molecule has 2 aliphatic heterocycles. The van der Waals surface area contributed by atoms with Crippen molar-refractivity contribution in [2.45, 2.75) is 25.7 Å². The SMILES string of the molecule is COCCn1cnc2cc(N3CCN(C(=O)C4Cc5ccccc5CO4)CC3)ccc2c1=O. The Hall–Kier alpha value is -3.23. The predicted octanol–water partition coefficient (Wildman–Crippen LogP) is 1.83. The minimum Gasteiger partial charge on any atom is -0.383 e. The summed E-state index contributed by atoms with van der Waals surface area (Å²) in [5.41, 5.74) is 4.00. The molecule has 0 saturated carbocycles. The minimum atomic E-state index is -0.406. The molecule has 1 aromatic heterocycles. The molecule has 1 atom stereocenters. The molecule has 1 saturated heterocycles. The van der Waals surface area contributed by atoms with Crippen LogP contribution in [0.15, 0.2) is 53.6 Å². The van der Waals surface area contributed by atoms with Crippen molar-refractivity contribution in [3.05, 3.63) is 70.3 Å². The van der Waals surface area contributed by atoms with E-state index in [9.17, 15) is 9.59 Å². The van der Waals surface area contributed by atoms with Gasteiger partial charge in [0.1, 0.15) is 6.10 Å². The molecule has 1 fully saturated rings. The third-order valence-electron chi connectivity index (χ3n) is 6.54. The Bertz CT molecular complexity index is 1220. The fourth-order valence-corrected chi connectivity index (χ4v) is 4.59. The van der Waals surface area contributed by atoms with Gasteiger partial charge in [0.05, 0.1) is 37.0 Å². The first-order valence-electron chi connectivity index (χ1n) is 11.3. The zero-order valence-electron chi connectivity index (χ0n) is 18.8. The van der Waals surface area contributed by atoms with Crippen LogP contribution in [0.3, 0.4) is 0 Å². The maximum Gasteiger partial charge on any atom is 0.261 e. The van der Waals surface area contributed by atoms with Gasteiger partial charge in [-0.1, -0.05) is 24.3 Å². The van der Waals surface area contributed by atoms with Crippen molar-refractivity contribution in [3.8, 4) is 0 Å². The minimum absolute atomic E-state index is 0.0620. The average molecular weight is 449 g/mol. The summed E-state index contributed by atoms with van der Waals surface area (Å²) < 4.78 is 12.5. The number of carbonyl (C=O) groups excluding carboxylic acids is 1. The molecular formula is C25H28N4O4. The summed E-state index contributed by atoms with van der Waals surface area (Å²) in [6.07, 6.45) is 1.80. The number of benzene rings is 2. The lowest BCUT2D eigenvalue weighted by Crippen LogP contribution is -2.52. The summed E-state index contributed by atoms with van der Waals surface area (Å²) in [7, 11) is 1.61. The van der Waals surface area contributed by atoms with Crippen LogP contribution < -0.4 is 10.5 Å². The van der Waals surface area contributed by atoms with Gasteiger partial charge >= 0.3 is 0 Å². The molecular weight excluding hydrogens is 420 g/mol. The van der Waals surface area contributed by atoms with Crippen molar-refractivity contribution >= 4 is 22.5 Å². The van der Waals surface area contributed by atoms with E-state index in [1.807, 2.05) is 35.2 Å². The van der Waals surface area contributed by atoms with Crippen LogP contribution in [0, 0.1) is 0 Å². The summed E-state index contributed by atoms with van der Waals surface area (Å²) >= 11 is 0. The Balaban J connectivity index is 1.23. The van der Waals surface area contributed by atoms with Crippen LogP contribution in [0.2, 0.25) is 0 Å². The van der Waals surface area contributed by atoms with Crippen molar-refractivity contribution in [2.24, 2.45) is 0 Å². The van der Waals surface area contributed by atoms with E-state index in [0.29, 0.717) is 50.2 Å². The summed E-state index contributed by atoms with van der Waals surface area (Å²) in [5, 5.41) is 0.598. The van der Waals surface area contributed by atoms with Gasteiger partial charge in [-0.2, -0.15) is 0 Å². The van der Waals surface area contributed by atoms with Crippen LogP contribution in [0.4, 0.5) is 5.69 Å². The Morgan fingerprint density at radius 1 is 1.12 bits per heavy atom. The highest BCUT2D eigenvalue weighted by Gasteiger charge is 2.31. The first-order valence-corrected chi connectivity index (χ1v) is 11.3. The highest BCUT2D eigenvalue weighted by atomic mass is 16.5. The van der Waals surface area contributed by atoms with Gasteiger partial charge in [0, 0.05) is 45.4 Å². The number of hydrogen-bond donors (Lipinski definition) is 0. The van der Waals surface area contributed by atoms with E-state index < -0.39 is 6.10 Å². The predicted molar refractivity (Wildman–Crippen MR) is 125 cm³/mol. The number of methoxy groups -OCH3 is 1. The molecule has 0 radical (unpaired) electrons. The molecule has 2 aromatic carbocycles. The van der Waals surface area contributed by atoms with Crippen molar-refractivity contribution in [1.29, 1.82) is 0 Å². The van der Waals surface area contributed by atoms with E-state index in [1.54, 1.807) is 18.0 Å². The fourth-order valence-electron chi connectivity index (χ4n) is 4.59. The monoisotopic (exact) mass is 448 g/mol. The number of nitrogens with zero attached hydrogens (tertiary/aromatic N) is 4. The fraction of sp³-hybridized carbons (Fsp3) is 0.400. The topological polar surface area (TPSA) is 76.9 Å². The van der Waals surface area contributed by atoms with Crippen LogP contribution in [0.1, 0.15) is 11.1 Å². The van der Waals surface area contributed by atoms with E-state index >= 15 is 0 Å². The molecule has 1 amide bonds. The zero-order valence-corrected chi connectivity index (χ0v) is 18.8. The second-order valence-corrected chi connectivity index (χ2v) is 8.52. The molecule has 1 unspecified atom stereocenters. The van der Waals surface area contributed by atoms with Gasteiger partial charge in [-0.15, -0.1) is 0 Å². The average Bonchev–Trinajstić information content (AvgIpc) is 2.87. The Kier molecular flexibility index (Phi) is 6.11. The standard InChI is InChI=1S/C25H28N4O4/c1-32-13-12-29-17-26-22-15-20(6-7-21(22)24(29)30)27-8-10-28(11-9-27)25(31)23-14-18-4-2-3-5-19(18)16-33-23/h2-7,15,17,23H,8-14,16H2,1H3. The third-order valence-corrected chi connectivity index (χ3v) is 6.54. The normalized spacial score (nSPS) is 18.4. The largest absolute Gasteiger partial charge is 0.383 e. The van der Waals surface area contributed by atoms with E-state index in [0.717, 1.165) is 18.8 Å². The van der Waals surface area contributed by atoms with Crippen LogP contribution in [-0.2, 0) is 33.8 Å². The number of rotatable bonds is 5. The molecule has 0 bridgehead atoms. The molecule has 33 heavy (non-hydrogen) atoms. The summed E-state index contributed by atoms with van der Waals surface area (Å²) in [4.78, 5) is 34.3. The molecule has 8 heteroatoms. The molecule has 3 aromatic rings. The molecule has 0 spiro atoms. The van der Waals surface area contributed by atoms with Crippen molar-refractivity contribution in [3.63, 3.8) is 0 Å². The number of amides is 1. The second kappa shape index (κ2) is 9.33. The van der Waals surface area contributed by atoms with Crippen molar-refractivity contribution < 1.29 is 14.3 Å². The van der Waals surface area contributed by atoms with Crippen molar-refractivity contribution in [1.82, 2.24) is 14.5 Å². The number of hydrogen-bond acceptors (Lipinski definition) is 6. The second-order valence-electron chi connectivity index (χ2n) is 8.52. The lowest BCUT2D eigenvalue weighted by atomic mass is 9.98. The van der Waals surface area contributed by atoms with Gasteiger partial charge in [-0.25, -0.2) is 4.98 Å². The molecule has 8 nitrogen and oxygen atoms in total. The van der Waals surface area contributed by atoms with Gasteiger partial charge in [-0.05, 0) is 29.3 Å². The van der Waals surface area contributed by atoms with E-state index in [-0.39, 0.29) is 11.5 Å². The highest BCUT2D eigenvalue weighted by molar-refractivity contribution is 5.83. The van der Waals surface area contributed by atoms with E-state index in [2.05, 4.69) is 22.0 Å². The van der Waals surface area contributed by atoms with Crippen LogP contribution in [-0.4, -0.2) is 66.4 Å². The number of ether oxygens (including phenoxy) is 2. The van der Waals surface area contributed by atoms with Gasteiger partial charge in [0.25, 0.3) is 11.5 Å². The van der Waals surface area contributed by atoms with Crippen LogP contribution >= 0.6 is 0 Å². The Morgan fingerprint density at radius 2 is 1.91 bits per heavy atom.